The molecule has 0 bridgehead atoms. The highest BCUT2D eigenvalue weighted by Crippen LogP contribution is 2.26. The van der Waals surface area contributed by atoms with E-state index in [4.69, 9.17) is 16.1 Å². The number of benzene rings is 2. The zero-order valence-electron chi connectivity index (χ0n) is 17.4. The fourth-order valence-electron chi connectivity index (χ4n) is 2.70. The predicted octanol–water partition coefficient (Wildman–Crippen LogP) is 4.24. The number of hydrogen-bond donors (Lipinski definition) is 1. The Hall–Kier alpha value is -3.60. The van der Waals surface area contributed by atoms with Crippen LogP contribution < -0.4 is 10.1 Å². The van der Waals surface area contributed by atoms with Gasteiger partial charge in [-0.1, -0.05) is 16.8 Å². The summed E-state index contributed by atoms with van der Waals surface area (Å²) >= 11 is 5.85. The van der Waals surface area contributed by atoms with Crippen LogP contribution in [-0.4, -0.2) is 47.3 Å². The van der Waals surface area contributed by atoms with Gasteiger partial charge in [0.05, 0.1) is 6.42 Å². The molecule has 0 fully saturated rings. The van der Waals surface area contributed by atoms with E-state index >= 15 is 0 Å². The van der Waals surface area contributed by atoms with Crippen molar-refractivity contribution >= 4 is 23.4 Å². The van der Waals surface area contributed by atoms with Crippen LogP contribution >= 0.6 is 11.6 Å². The Labute approximate surface area is 191 Å². The van der Waals surface area contributed by atoms with Crippen LogP contribution in [-0.2, 0) is 4.79 Å². The molecule has 1 atom stereocenters. The molecular weight excluding hydrogens is 465 g/mol. The van der Waals surface area contributed by atoms with Crippen molar-refractivity contribution in [2.75, 3.05) is 14.1 Å². The van der Waals surface area contributed by atoms with Crippen LogP contribution in [0.5, 0.6) is 5.75 Å². The molecule has 0 aliphatic rings. The average Bonchev–Trinajstić information content (AvgIpc) is 3.23. The first-order chi connectivity index (χ1) is 15.5. The van der Waals surface area contributed by atoms with E-state index in [-0.39, 0.29) is 24.0 Å². The second-order valence-electron chi connectivity index (χ2n) is 7.05. The van der Waals surface area contributed by atoms with E-state index in [0.29, 0.717) is 16.1 Å². The first kappa shape index (κ1) is 24.1. The Morgan fingerprint density at radius 3 is 2.33 bits per heavy atom. The quantitative estimate of drug-likeness (QED) is 0.541. The zero-order valence-corrected chi connectivity index (χ0v) is 18.1. The van der Waals surface area contributed by atoms with Gasteiger partial charge in [0.25, 0.3) is 5.91 Å². The summed E-state index contributed by atoms with van der Waals surface area (Å²) in [5.41, 5.74) is 0.655. The lowest BCUT2D eigenvalue weighted by Crippen LogP contribution is -2.33. The third-order valence-electron chi connectivity index (χ3n) is 4.38. The number of rotatable bonds is 7. The normalized spacial score (nSPS) is 12.2. The highest BCUT2D eigenvalue weighted by Gasteiger charge is 2.31. The summed E-state index contributed by atoms with van der Waals surface area (Å²) in [5, 5.41) is 6.95. The number of nitrogens with one attached hydrogen (secondary N) is 1. The molecule has 0 aliphatic carbocycles. The maximum atomic E-state index is 12.6. The summed E-state index contributed by atoms with van der Waals surface area (Å²) in [4.78, 5) is 30.5. The van der Waals surface area contributed by atoms with Gasteiger partial charge in [-0.2, -0.15) is 4.98 Å². The lowest BCUT2D eigenvalue weighted by Gasteiger charge is -2.17. The number of alkyl halides is 3. The number of halogens is 4. The summed E-state index contributed by atoms with van der Waals surface area (Å²) in [5.74, 6) is -1.18. The molecule has 0 radical (unpaired) electrons. The van der Waals surface area contributed by atoms with Gasteiger partial charge in [0, 0.05) is 30.2 Å². The molecule has 1 aromatic heterocycles. The number of carbonyl (C=O) groups excluding carboxylic acids is 2. The first-order valence-corrected chi connectivity index (χ1v) is 9.86. The molecule has 174 valence electrons. The van der Waals surface area contributed by atoms with Crippen molar-refractivity contribution in [1.29, 1.82) is 0 Å². The summed E-state index contributed by atoms with van der Waals surface area (Å²) < 4.78 is 46.1. The summed E-state index contributed by atoms with van der Waals surface area (Å²) in [7, 11) is 3.12. The predicted molar refractivity (Wildman–Crippen MR) is 111 cm³/mol. The lowest BCUT2D eigenvalue weighted by atomic mass is 10.1. The fourth-order valence-corrected chi connectivity index (χ4v) is 2.83. The first-order valence-electron chi connectivity index (χ1n) is 9.48. The molecular formula is C21H18ClF3N4O4. The minimum atomic E-state index is -4.81. The molecule has 8 nitrogen and oxygen atoms in total. The van der Waals surface area contributed by atoms with Crippen molar-refractivity contribution < 1.29 is 32.0 Å². The van der Waals surface area contributed by atoms with Crippen LogP contribution in [0.15, 0.2) is 53.1 Å². The van der Waals surface area contributed by atoms with Crippen molar-refractivity contribution in [3.8, 4) is 17.1 Å². The van der Waals surface area contributed by atoms with Gasteiger partial charge >= 0.3 is 6.36 Å². The van der Waals surface area contributed by atoms with Crippen molar-refractivity contribution in [2.45, 2.75) is 18.8 Å². The number of carbonyl (C=O) groups is 2. The topological polar surface area (TPSA) is 97.6 Å². The maximum Gasteiger partial charge on any atom is 0.573 e. The van der Waals surface area contributed by atoms with E-state index in [0.717, 1.165) is 12.1 Å². The summed E-state index contributed by atoms with van der Waals surface area (Å²) in [6.07, 6.45) is -4.97. The van der Waals surface area contributed by atoms with Gasteiger partial charge in [0.1, 0.15) is 11.8 Å². The van der Waals surface area contributed by atoms with E-state index in [1.54, 1.807) is 26.2 Å². The van der Waals surface area contributed by atoms with Gasteiger partial charge in [-0.05, 0) is 48.5 Å². The minimum absolute atomic E-state index is 0.0434. The zero-order chi connectivity index (χ0) is 24.2. The van der Waals surface area contributed by atoms with Gasteiger partial charge in [-0.15, -0.1) is 13.2 Å². The van der Waals surface area contributed by atoms with Crippen molar-refractivity contribution in [3.63, 3.8) is 0 Å². The summed E-state index contributed by atoms with van der Waals surface area (Å²) in [6, 6.07) is 10.0. The van der Waals surface area contributed by atoms with Crippen molar-refractivity contribution in [2.24, 2.45) is 0 Å². The van der Waals surface area contributed by atoms with E-state index in [1.807, 2.05) is 0 Å². The molecule has 3 rings (SSSR count). The van der Waals surface area contributed by atoms with Crippen molar-refractivity contribution in [3.05, 3.63) is 65.0 Å². The smallest absolute Gasteiger partial charge is 0.406 e. The molecule has 1 heterocycles. The van der Waals surface area contributed by atoms with E-state index in [2.05, 4.69) is 20.2 Å². The van der Waals surface area contributed by atoms with Crippen molar-refractivity contribution in [1.82, 2.24) is 20.4 Å². The Balaban J connectivity index is 1.81. The number of hydrogen-bond acceptors (Lipinski definition) is 6. The van der Waals surface area contributed by atoms with Crippen LogP contribution in [0.2, 0.25) is 5.02 Å². The standard InChI is InChI=1S/C21H18ClF3N4O4/c1-29(2)17(30)11-16(26-19(31)13-3-7-14(22)8-4-13)20-27-18(28-33-20)12-5-9-15(10-6-12)32-21(23,24)25/h3-10,16H,11H2,1-2H3,(H,26,31). The van der Waals surface area contributed by atoms with E-state index in [9.17, 15) is 22.8 Å². The third-order valence-corrected chi connectivity index (χ3v) is 4.63. The second kappa shape index (κ2) is 9.90. The van der Waals surface area contributed by atoms with Crippen LogP contribution in [0.3, 0.4) is 0 Å². The van der Waals surface area contributed by atoms with Gasteiger partial charge in [-0.3, -0.25) is 9.59 Å². The molecule has 0 spiro atoms. The number of aromatic nitrogens is 2. The monoisotopic (exact) mass is 482 g/mol. The molecule has 33 heavy (non-hydrogen) atoms. The maximum absolute atomic E-state index is 12.6. The Kier molecular flexibility index (Phi) is 7.22. The van der Waals surface area contributed by atoms with Crippen LogP contribution in [0, 0.1) is 0 Å². The molecule has 0 saturated heterocycles. The molecule has 12 heteroatoms. The van der Waals surface area contributed by atoms with Gasteiger partial charge in [-0.25, -0.2) is 0 Å². The van der Waals surface area contributed by atoms with Crippen LogP contribution in [0.25, 0.3) is 11.4 Å². The van der Waals surface area contributed by atoms with Gasteiger partial charge in [0.2, 0.25) is 17.6 Å². The molecule has 3 aromatic rings. The van der Waals surface area contributed by atoms with E-state index in [1.165, 1.54) is 29.2 Å². The Morgan fingerprint density at radius 1 is 1.12 bits per heavy atom. The Morgan fingerprint density at radius 2 is 1.76 bits per heavy atom. The van der Waals surface area contributed by atoms with Gasteiger partial charge in [0.15, 0.2) is 0 Å². The molecule has 1 unspecified atom stereocenters. The second-order valence-corrected chi connectivity index (χ2v) is 7.49. The number of ether oxygens (including phenoxy) is 1. The SMILES string of the molecule is CN(C)C(=O)CC(NC(=O)c1ccc(Cl)cc1)c1nc(-c2ccc(OC(F)(F)F)cc2)no1. The highest BCUT2D eigenvalue weighted by molar-refractivity contribution is 6.30. The van der Waals surface area contributed by atoms with Crippen LogP contribution in [0.4, 0.5) is 13.2 Å². The highest BCUT2D eigenvalue weighted by atomic mass is 35.5. The average molecular weight is 483 g/mol. The van der Waals surface area contributed by atoms with Crippen LogP contribution in [0.1, 0.15) is 28.7 Å². The minimum Gasteiger partial charge on any atom is -0.406 e. The molecule has 2 aromatic carbocycles. The fraction of sp³-hybridized carbons (Fsp3) is 0.238. The van der Waals surface area contributed by atoms with E-state index < -0.39 is 24.1 Å². The molecule has 1 N–H and O–H groups in total. The number of amides is 2. The van der Waals surface area contributed by atoms with Gasteiger partial charge < -0.3 is 19.5 Å². The Bertz CT molecular complexity index is 1120. The summed E-state index contributed by atoms with van der Waals surface area (Å²) in [6.45, 7) is 0. The lowest BCUT2D eigenvalue weighted by molar-refractivity contribution is -0.274. The molecule has 2 amide bonds. The molecule has 0 saturated carbocycles. The number of nitrogens with zero attached hydrogens (tertiary/aromatic N) is 3. The largest absolute Gasteiger partial charge is 0.573 e. The third kappa shape index (κ3) is 6.69. The molecule has 0 aliphatic heterocycles.